The average molecular weight is 279 g/mol. The van der Waals surface area contributed by atoms with Crippen LogP contribution < -0.4 is 14.4 Å². The van der Waals surface area contributed by atoms with Crippen molar-refractivity contribution in [3.8, 4) is 11.5 Å². The third-order valence-electron chi connectivity index (χ3n) is 4.03. The van der Waals surface area contributed by atoms with E-state index in [1.165, 1.54) is 5.56 Å². The lowest BCUT2D eigenvalue weighted by atomic mass is 9.96. The lowest BCUT2D eigenvalue weighted by Gasteiger charge is -2.31. The Morgan fingerprint density at radius 3 is 2.35 bits per heavy atom. The molecule has 0 N–H and O–H groups in total. The van der Waals surface area contributed by atoms with E-state index in [2.05, 4.69) is 30.9 Å². The van der Waals surface area contributed by atoms with E-state index < -0.39 is 0 Å². The Morgan fingerprint density at radius 2 is 1.80 bits per heavy atom. The van der Waals surface area contributed by atoms with Crippen LogP contribution in [0.3, 0.4) is 0 Å². The summed E-state index contributed by atoms with van der Waals surface area (Å²) in [6.45, 7) is 7.71. The van der Waals surface area contributed by atoms with Gasteiger partial charge in [0.15, 0.2) is 0 Å². The molecule has 0 amide bonds. The van der Waals surface area contributed by atoms with Crippen molar-refractivity contribution >= 4 is 5.69 Å². The topological polar surface area (TPSA) is 30.9 Å². The van der Waals surface area contributed by atoms with Crippen LogP contribution in [0.5, 0.6) is 11.5 Å². The molecule has 4 heteroatoms. The molecule has 1 unspecified atom stereocenters. The Hall–Kier alpha value is -1.42. The van der Waals surface area contributed by atoms with Crippen LogP contribution in [0.2, 0.25) is 0 Å². The fourth-order valence-corrected chi connectivity index (χ4v) is 2.56. The van der Waals surface area contributed by atoms with Gasteiger partial charge in [-0.1, -0.05) is 13.8 Å². The second-order valence-corrected chi connectivity index (χ2v) is 5.17. The van der Waals surface area contributed by atoms with Crippen LogP contribution in [-0.4, -0.2) is 40.5 Å². The van der Waals surface area contributed by atoms with Gasteiger partial charge >= 0.3 is 0 Å². The van der Waals surface area contributed by atoms with Crippen LogP contribution in [0, 0.1) is 0 Å². The molecule has 112 valence electrons. The lowest BCUT2D eigenvalue weighted by molar-refractivity contribution is 0.122. The monoisotopic (exact) mass is 279 g/mol. The molecule has 2 rings (SSSR count). The standard InChI is InChI=1S/C16H25NO3/c1-5-12(2)13-10-16(19-4)14(11-15(13)18-3)17-6-8-20-9-7-17/h10-12H,5-9H2,1-4H3. The first-order valence-corrected chi connectivity index (χ1v) is 7.29. The molecule has 1 aromatic carbocycles. The van der Waals surface area contributed by atoms with Gasteiger partial charge in [-0.2, -0.15) is 0 Å². The summed E-state index contributed by atoms with van der Waals surface area (Å²) in [5.74, 6) is 2.32. The SMILES string of the molecule is CCC(C)c1cc(OC)c(N2CCOCC2)cc1OC. The molecule has 1 fully saturated rings. The van der Waals surface area contributed by atoms with Crippen molar-refractivity contribution < 1.29 is 14.2 Å². The first-order valence-electron chi connectivity index (χ1n) is 7.29. The summed E-state index contributed by atoms with van der Waals surface area (Å²) in [5, 5.41) is 0. The first kappa shape index (κ1) is 15.0. The summed E-state index contributed by atoms with van der Waals surface area (Å²) >= 11 is 0. The number of morpholine rings is 1. The molecule has 0 radical (unpaired) electrons. The maximum Gasteiger partial charge on any atom is 0.142 e. The number of rotatable bonds is 5. The molecule has 0 bridgehead atoms. The van der Waals surface area contributed by atoms with Gasteiger partial charge in [0.25, 0.3) is 0 Å². The third kappa shape index (κ3) is 3.01. The Morgan fingerprint density at radius 1 is 1.15 bits per heavy atom. The molecule has 1 saturated heterocycles. The molecular formula is C16H25NO3. The summed E-state index contributed by atoms with van der Waals surface area (Å²) in [6.07, 6.45) is 1.08. The minimum Gasteiger partial charge on any atom is -0.496 e. The van der Waals surface area contributed by atoms with Crippen molar-refractivity contribution in [2.24, 2.45) is 0 Å². The number of hydrogen-bond donors (Lipinski definition) is 0. The van der Waals surface area contributed by atoms with Crippen molar-refractivity contribution in [3.05, 3.63) is 17.7 Å². The van der Waals surface area contributed by atoms with Crippen molar-refractivity contribution in [1.82, 2.24) is 0 Å². The maximum atomic E-state index is 5.60. The second-order valence-electron chi connectivity index (χ2n) is 5.17. The van der Waals surface area contributed by atoms with Crippen LogP contribution in [0.4, 0.5) is 5.69 Å². The zero-order valence-electron chi connectivity index (χ0n) is 12.9. The molecular weight excluding hydrogens is 254 g/mol. The molecule has 1 atom stereocenters. The average Bonchev–Trinajstić information content (AvgIpc) is 2.53. The zero-order chi connectivity index (χ0) is 14.5. The van der Waals surface area contributed by atoms with E-state index in [0.717, 1.165) is 49.9 Å². The van der Waals surface area contributed by atoms with E-state index in [1.807, 2.05) is 0 Å². The van der Waals surface area contributed by atoms with Gasteiger partial charge in [-0.25, -0.2) is 0 Å². The molecule has 1 aliphatic rings. The number of ether oxygens (including phenoxy) is 3. The summed E-state index contributed by atoms with van der Waals surface area (Å²) in [7, 11) is 3.46. The minimum atomic E-state index is 0.456. The number of methoxy groups -OCH3 is 2. The molecule has 0 saturated carbocycles. The molecule has 1 heterocycles. The largest absolute Gasteiger partial charge is 0.496 e. The van der Waals surface area contributed by atoms with E-state index in [9.17, 15) is 0 Å². The quantitative estimate of drug-likeness (QED) is 0.829. The number of hydrogen-bond acceptors (Lipinski definition) is 4. The highest BCUT2D eigenvalue weighted by atomic mass is 16.5. The normalized spacial score (nSPS) is 16.9. The minimum absolute atomic E-state index is 0.456. The van der Waals surface area contributed by atoms with Gasteiger partial charge in [0, 0.05) is 24.7 Å². The van der Waals surface area contributed by atoms with E-state index in [0.29, 0.717) is 5.92 Å². The summed E-state index contributed by atoms with van der Waals surface area (Å²) in [4.78, 5) is 2.30. The first-order chi connectivity index (χ1) is 9.71. The van der Waals surface area contributed by atoms with Gasteiger partial charge in [0.2, 0.25) is 0 Å². The number of nitrogens with zero attached hydrogens (tertiary/aromatic N) is 1. The summed E-state index contributed by atoms with van der Waals surface area (Å²) in [5.41, 5.74) is 2.31. The van der Waals surface area contributed by atoms with Crippen molar-refractivity contribution in [2.75, 3.05) is 45.4 Å². The molecule has 0 spiro atoms. The lowest BCUT2D eigenvalue weighted by Crippen LogP contribution is -2.36. The van der Waals surface area contributed by atoms with Crippen LogP contribution in [0.25, 0.3) is 0 Å². The van der Waals surface area contributed by atoms with Crippen LogP contribution in [-0.2, 0) is 4.74 Å². The highest BCUT2D eigenvalue weighted by Crippen LogP contribution is 2.39. The Bertz CT molecular complexity index is 442. The van der Waals surface area contributed by atoms with Gasteiger partial charge < -0.3 is 19.1 Å². The summed E-state index contributed by atoms with van der Waals surface area (Å²) in [6, 6.07) is 4.23. The molecule has 1 aliphatic heterocycles. The maximum absolute atomic E-state index is 5.60. The van der Waals surface area contributed by atoms with Crippen molar-refractivity contribution in [2.45, 2.75) is 26.2 Å². The number of benzene rings is 1. The zero-order valence-corrected chi connectivity index (χ0v) is 12.9. The Labute approximate surface area is 121 Å². The van der Waals surface area contributed by atoms with Crippen LogP contribution >= 0.6 is 0 Å². The fourth-order valence-electron chi connectivity index (χ4n) is 2.56. The van der Waals surface area contributed by atoms with Gasteiger partial charge in [0.05, 0.1) is 33.1 Å². The second kappa shape index (κ2) is 6.84. The predicted molar refractivity (Wildman–Crippen MR) is 81.3 cm³/mol. The van der Waals surface area contributed by atoms with Crippen LogP contribution in [0.15, 0.2) is 12.1 Å². The Balaban J connectivity index is 2.40. The molecule has 0 aromatic heterocycles. The van der Waals surface area contributed by atoms with E-state index in [4.69, 9.17) is 14.2 Å². The smallest absolute Gasteiger partial charge is 0.142 e. The fraction of sp³-hybridized carbons (Fsp3) is 0.625. The van der Waals surface area contributed by atoms with Gasteiger partial charge in [-0.05, 0) is 18.4 Å². The molecule has 20 heavy (non-hydrogen) atoms. The summed E-state index contributed by atoms with van der Waals surface area (Å²) < 4.78 is 16.6. The van der Waals surface area contributed by atoms with E-state index >= 15 is 0 Å². The van der Waals surface area contributed by atoms with E-state index in [1.54, 1.807) is 14.2 Å². The van der Waals surface area contributed by atoms with Gasteiger partial charge in [-0.15, -0.1) is 0 Å². The van der Waals surface area contributed by atoms with Crippen molar-refractivity contribution in [1.29, 1.82) is 0 Å². The molecule has 1 aromatic rings. The highest BCUT2D eigenvalue weighted by molar-refractivity contribution is 5.64. The van der Waals surface area contributed by atoms with Gasteiger partial charge in [0.1, 0.15) is 11.5 Å². The molecule has 0 aliphatic carbocycles. The van der Waals surface area contributed by atoms with Crippen LogP contribution in [0.1, 0.15) is 31.7 Å². The van der Waals surface area contributed by atoms with Crippen molar-refractivity contribution in [3.63, 3.8) is 0 Å². The Kier molecular flexibility index (Phi) is 5.12. The third-order valence-corrected chi connectivity index (χ3v) is 4.03. The highest BCUT2D eigenvalue weighted by Gasteiger charge is 2.20. The number of anilines is 1. The van der Waals surface area contributed by atoms with E-state index in [-0.39, 0.29) is 0 Å². The predicted octanol–water partition coefficient (Wildman–Crippen LogP) is 3.05. The molecule has 4 nitrogen and oxygen atoms in total. The van der Waals surface area contributed by atoms with Gasteiger partial charge in [-0.3, -0.25) is 0 Å².